The molecule has 0 aliphatic carbocycles. The Morgan fingerprint density at radius 1 is 0.969 bits per heavy atom. The van der Waals surface area contributed by atoms with Gasteiger partial charge in [-0.1, -0.05) is 0 Å². The fourth-order valence-corrected chi connectivity index (χ4v) is 3.73. The number of imide groups is 1. The van der Waals surface area contributed by atoms with Crippen LogP contribution in [0.3, 0.4) is 0 Å². The highest BCUT2D eigenvalue weighted by molar-refractivity contribution is 6.22. The Kier molecular flexibility index (Phi) is 5.50. The highest BCUT2D eigenvalue weighted by Gasteiger charge is 2.37. The third-order valence-corrected chi connectivity index (χ3v) is 5.33. The monoisotopic (exact) mass is 439 g/mol. The van der Waals surface area contributed by atoms with Crippen LogP contribution >= 0.6 is 0 Å². The minimum absolute atomic E-state index is 0.0370. The summed E-state index contributed by atoms with van der Waals surface area (Å²) in [6, 6.07) is 7.92. The summed E-state index contributed by atoms with van der Waals surface area (Å²) >= 11 is 0. The SMILES string of the molecule is CC(C)(C)OC(=O)N1CCN(C(=O)c2ccc3c(c2)C(=O)N(Cc2ccco2)C3=O)CC1. The van der Waals surface area contributed by atoms with E-state index in [1.807, 2.05) is 0 Å². The molecule has 2 aliphatic rings. The van der Waals surface area contributed by atoms with Gasteiger partial charge in [-0.2, -0.15) is 0 Å². The predicted octanol–water partition coefficient (Wildman–Crippen LogP) is 2.77. The normalized spacial score (nSPS) is 16.4. The maximum atomic E-state index is 13.0. The van der Waals surface area contributed by atoms with Crippen LogP contribution in [0.15, 0.2) is 41.0 Å². The Labute approximate surface area is 185 Å². The fraction of sp³-hybridized carbons (Fsp3) is 0.391. The molecule has 0 saturated carbocycles. The number of hydrogen-bond donors (Lipinski definition) is 0. The van der Waals surface area contributed by atoms with Gasteiger partial charge in [0.15, 0.2) is 0 Å². The molecule has 0 bridgehead atoms. The van der Waals surface area contributed by atoms with Crippen molar-refractivity contribution in [3.05, 3.63) is 59.0 Å². The molecule has 4 rings (SSSR count). The van der Waals surface area contributed by atoms with E-state index in [2.05, 4.69) is 0 Å². The Balaban J connectivity index is 1.43. The molecular weight excluding hydrogens is 414 g/mol. The lowest BCUT2D eigenvalue weighted by Crippen LogP contribution is -2.51. The highest BCUT2D eigenvalue weighted by Crippen LogP contribution is 2.26. The number of ether oxygens (including phenoxy) is 1. The number of amides is 4. The molecular formula is C23H25N3O6. The largest absolute Gasteiger partial charge is 0.467 e. The van der Waals surface area contributed by atoms with Gasteiger partial charge in [-0.05, 0) is 51.1 Å². The summed E-state index contributed by atoms with van der Waals surface area (Å²) in [5.41, 5.74) is 0.228. The van der Waals surface area contributed by atoms with Gasteiger partial charge in [-0.3, -0.25) is 19.3 Å². The molecule has 1 saturated heterocycles. The molecule has 9 nitrogen and oxygen atoms in total. The van der Waals surface area contributed by atoms with Crippen LogP contribution in [0.2, 0.25) is 0 Å². The average Bonchev–Trinajstić information content (AvgIpc) is 3.35. The minimum Gasteiger partial charge on any atom is -0.467 e. The number of carbonyl (C=O) groups is 4. The van der Waals surface area contributed by atoms with Crippen molar-refractivity contribution in [3.8, 4) is 0 Å². The molecule has 0 N–H and O–H groups in total. The van der Waals surface area contributed by atoms with E-state index >= 15 is 0 Å². The van der Waals surface area contributed by atoms with Gasteiger partial charge in [0.05, 0.1) is 23.9 Å². The van der Waals surface area contributed by atoms with Crippen molar-refractivity contribution in [1.82, 2.24) is 14.7 Å². The van der Waals surface area contributed by atoms with Crippen molar-refractivity contribution >= 4 is 23.8 Å². The van der Waals surface area contributed by atoms with Crippen LogP contribution < -0.4 is 0 Å². The molecule has 32 heavy (non-hydrogen) atoms. The fourth-order valence-electron chi connectivity index (χ4n) is 3.73. The standard InChI is InChI=1S/C23H25N3O6/c1-23(2,3)32-22(30)25-10-8-24(9-11-25)19(27)15-6-7-17-18(13-15)21(29)26(20(17)28)14-16-5-4-12-31-16/h4-7,12-13H,8-11,14H2,1-3H3. The number of furan rings is 1. The van der Waals surface area contributed by atoms with E-state index in [0.717, 1.165) is 4.90 Å². The first-order chi connectivity index (χ1) is 15.1. The van der Waals surface area contributed by atoms with Crippen LogP contribution in [0.1, 0.15) is 57.6 Å². The second kappa shape index (κ2) is 8.14. The molecule has 0 unspecified atom stereocenters. The Bertz CT molecular complexity index is 1060. The summed E-state index contributed by atoms with van der Waals surface area (Å²) in [6.45, 7) is 6.88. The quantitative estimate of drug-likeness (QED) is 0.682. The number of piperazine rings is 1. The number of hydrogen-bond acceptors (Lipinski definition) is 6. The molecule has 168 valence electrons. The maximum Gasteiger partial charge on any atom is 0.410 e. The van der Waals surface area contributed by atoms with Gasteiger partial charge in [-0.15, -0.1) is 0 Å². The smallest absolute Gasteiger partial charge is 0.410 e. The molecule has 2 aromatic rings. The minimum atomic E-state index is -0.580. The maximum absolute atomic E-state index is 13.0. The van der Waals surface area contributed by atoms with Crippen LogP contribution in [0.25, 0.3) is 0 Å². The third-order valence-electron chi connectivity index (χ3n) is 5.33. The molecule has 1 fully saturated rings. The molecule has 9 heteroatoms. The van der Waals surface area contributed by atoms with Crippen LogP contribution in [0.5, 0.6) is 0 Å². The van der Waals surface area contributed by atoms with Crippen LogP contribution in [-0.2, 0) is 11.3 Å². The molecule has 1 aromatic carbocycles. The van der Waals surface area contributed by atoms with Gasteiger partial charge in [-0.25, -0.2) is 4.79 Å². The van der Waals surface area contributed by atoms with Crippen molar-refractivity contribution in [2.45, 2.75) is 32.9 Å². The second-order valence-electron chi connectivity index (χ2n) is 8.80. The topological polar surface area (TPSA) is 100 Å². The summed E-state index contributed by atoms with van der Waals surface area (Å²) in [7, 11) is 0. The van der Waals surface area contributed by atoms with E-state index in [1.54, 1.807) is 48.8 Å². The van der Waals surface area contributed by atoms with Gasteiger partial charge in [0, 0.05) is 31.7 Å². The van der Waals surface area contributed by atoms with Gasteiger partial charge < -0.3 is 19.0 Å². The summed E-state index contributed by atoms with van der Waals surface area (Å²) in [5.74, 6) is -0.614. The van der Waals surface area contributed by atoms with Gasteiger partial charge in [0.2, 0.25) is 0 Å². The zero-order valence-corrected chi connectivity index (χ0v) is 18.3. The van der Waals surface area contributed by atoms with Gasteiger partial charge in [0.25, 0.3) is 17.7 Å². The molecule has 3 heterocycles. The van der Waals surface area contributed by atoms with E-state index in [4.69, 9.17) is 9.15 Å². The van der Waals surface area contributed by atoms with Crippen LogP contribution in [0.4, 0.5) is 4.79 Å². The molecule has 2 aliphatic heterocycles. The lowest BCUT2D eigenvalue weighted by Gasteiger charge is -2.35. The van der Waals surface area contributed by atoms with Crippen molar-refractivity contribution in [1.29, 1.82) is 0 Å². The Hall–Kier alpha value is -3.62. The lowest BCUT2D eigenvalue weighted by molar-refractivity contribution is 0.0140. The summed E-state index contributed by atoms with van der Waals surface area (Å²) in [4.78, 5) is 55.0. The molecule has 1 aromatic heterocycles. The molecule has 0 radical (unpaired) electrons. The van der Waals surface area contributed by atoms with Crippen molar-refractivity contribution < 1.29 is 28.3 Å². The third kappa shape index (κ3) is 4.23. The predicted molar refractivity (Wildman–Crippen MR) is 113 cm³/mol. The summed E-state index contributed by atoms with van der Waals surface area (Å²) in [6.07, 6.45) is 1.08. The van der Waals surface area contributed by atoms with Crippen molar-refractivity contribution in [2.24, 2.45) is 0 Å². The van der Waals surface area contributed by atoms with Crippen LogP contribution in [0, 0.1) is 0 Å². The van der Waals surface area contributed by atoms with Crippen molar-refractivity contribution in [2.75, 3.05) is 26.2 Å². The second-order valence-corrected chi connectivity index (χ2v) is 8.80. The average molecular weight is 439 g/mol. The van der Waals surface area contributed by atoms with E-state index in [1.165, 1.54) is 18.4 Å². The first-order valence-corrected chi connectivity index (χ1v) is 10.4. The van der Waals surface area contributed by atoms with Gasteiger partial charge in [0.1, 0.15) is 11.4 Å². The summed E-state index contributed by atoms with van der Waals surface area (Å²) < 4.78 is 10.6. The molecule has 0 atom stereocenters. The lowest BCUT2D eigenvalue weighted by atomic mass is 10.0. The number of benzene rings is 1. The zero-order valence-electron chi connectivity index (χ0n) is 18.3. The zero-order chi connectivity index (χ0) is 23.0. The Morgan fingerprint density at radius 2 is 1.62 bits per heavy atom. The number of nitrogens with zero attached hydrogens (tertiary/aromatic N) is 3. The number of carbonyl (C=O) groups excluding carboxylic acids is 4. The summed E-state index contributed by atoms with van der Waals surface area (Å²) in [5, 5.41) is 0. The van der Waals surface area contributed by atoms with E-state index in [0.29, 0.717) is 37.5 Å². The first kappa shape index (κ1) is 21.6. The molecule has 4 amide bonds. The van der Waals surface area contributed by atoms with Crippen molar-refractivity contribution in [3.63, 3.8) is 0 Å². The number of rotatable bonds is 3. The van der Waals surface area contributed by atoms with E-state index in [9.17, 15) is 19.2 Å². The first-order valence-electron chi connectivity index (χ1n) is 10.4. The highest BCUT2D eigenvalue weighted by atomic mass is 16.6. The van der Waals surface area contributed by atoms with E-state index < -0.39 is 23.5 Å². The number of fused-ring (bicyclic) bond motifs is 1. The van der Waals surface area contributed by atoms with Gasteiger partial charge >= 0.3 is 6.09 Å². The van der Waals surface area contributed by atoms with E-state index in [-0.39, 0.29) is 23.6 Å². The van der Waals surface area contributed by atoms with Crippen LogP contribution in [-0.4, -0.2) is 70.3 Å². The molecule has 0 spiro atoms. The Morgan fingerprint density at radius 3 is 2.25 bits per heavy atom.